The molecule has 1 amide bonds. The van der Waals surface area contributed by atoms with E-state index in [4.69, 9.17) is 0 Å². The summed E-state index contributed by atoms with van der Waals surface area (Å²) in [6.07, 6.45) is 8.76. The number of rotatable bonds is 6. The first-order chi connectivity index (χ1) is 15.0. The number of hydrogen-bond donors (Lipinski definition) is 1. The van der Waals surface area contributed by atoms with Gasteiger partial charge in [-0.1, -0.05) is 30.7 Å². The molecule has 7 nitrogen and oxygen atoms in total. The van der Waals surface area contributed by atoms with E-state index in [2.05, 4.69) is 46.5 Å². The Labute approximate surface area is 182 Å². The molecule has 1 saturated heterocycles. The van der Waals surface area contributed by atoms with Crippen LogP contribution in [0, 0.1) is 0 Å². The van der Waals surface area contributed by atoms with Crippen LogP contribution < -0.4 is 10.9 Å². The lowest BCUT2D eigenvalue weighted by Crippen LogP contribution is -2.36. The number of nitrogens with one attached hydrogen (secondary N) is 1. The molecule has 162 valence electrons. The van der Waals surface area contributed by atoms with Crippen molar-refractivity contribution in [3.05, 3.63) is 82.0 Å². The second kappa shape index (κ2) is 9.31. The fourth-order valence-corrected chi connectivity index (χ4v) is 4.03. The maximum Gasteiger partial charge on any atom is 0.255 e. The van der Waals surface area contributed by atoms with Gasteiger partial charge in [-0.05, 0) is 43.5 Å². The first kappa shape index (κ1) is 21.1. The van der Waals surface area contributed by atoms with Gasteiger partial charge < -0.3 is 5.32 Å². The molecule has 3 aromatic rings. The fraction of sp³-hybridized carbons (Fsp3) is 0.375. The third-order valence-electron chi connectivity index (χ3n) is 5.94. The number of piperidine rings is 1. The number of likely N-dealkylation sites (tertiary alicyclic amines) is 1. The number of carbonyl (C=O) groups excluding carboxylic acids is 1. The summed E-state index contributed by atoms with van der Waals surface area (Å²) in [7, 11) is 1.78. The molecule has 1 unspecified atom stereocenters. The molecule has 1 aliphatic heterocycles. The van der Waals surface area contributed by atoms with E-state index >= 15 is 0 Å². The van der Waals surface area contributed by atoms with Crippen molar-refractivity contribution < 1.29 is 4.79 Å². The Bertz CT molecular complexity index is 1100. The van der Waals surface area contributed by atoms with Crippen LogP contribution >= 0.6 is 0 Å². The molecule has 1 atom stereocenters. The van der Waals surface area contributed by atoms with Gasteiger partial charge in [0, 0.05) is 44.6 Å². The zero-order valence-electron chi connectivity index (χ0n) is 18.1. The van der Waals surface area contributed by atoms with Crippen molar-refractivity contribution in [2.45, 2.75) is 45.3 Å². The summed E-state index contributed by atoms with van der Waals surface area (Å²) in [5, 5.41) is 7.03. The van der Waals surface area contributed by atoms with Gasteiger partial charge in [0.2, 0.25) is 0 Å². The average molecular weight is 420 g/mol. The van der Waals surface area contributed by atoms with Crippen molar-refractivity contribution in [1.82, 2.24) is 24.6 Å². The first-order valence-corrected chi connectivity index (χ1v) is 10.8. The summed E-state index contributed by atoms with van der Waals surface area (Å²) in [6.45, 7) is 4.88. The van der Waals surface area contributed by atoms with Crippen molar-refractivity contribution in [3.8, 4) is 5.69 Å². The number of nitrogens with zero attached hydrogens (tertiary/aromatic N) is 4. The minimum atomic E-state index is -0.219. The summed E-state index contributed by atoms with van der Waals surface area (Å²) in [6, 6.07) is 12.0. The Hall–Kier alpha value is -3.19. The van der Waals surface area contributed by atoms with Gasteiger partial charge >= 0.3 is 0 Å². The highest BCUT2D eigenvalue weighted by Gasteiger charge is 2.18. The first-order valence-electron chi connectivity index (χ1n) is 10.8. The molecular weight excluding hydrogens is 390 g/mol. The quantitative estimate of drug-likeness (QED) is 0.667. The van der Waals surface area contributed by atoms with Crippen LogP contribution in [0.2, 0.25) is 0 Å². The minimum absolute atomic E-state index is 0.205. The zero-order chi connectivity index (χ0) is 21.8. The molecular formula is C24H29N5O2. The van der Waals surface area contributed by atoms with Crippen LogP contribution in [0.15, 0.2) is 59.8 Å². The molecule has 0 saturated carbocycles. The highest BCUT2D eigenvalue weighted by Crippen LogP contribution is 2.19. The molecule has 1 fully saturated rings. The van der Waals surface area contributed by atoms with Gasteiger partial charge in [-0.25, -0.2) is 0 Å². The van der Waals surface area contributed by atoms with E-state index in [-0.39, 0.29) is 11.5 Å². The monoisotopic (exact) mass is 419 g/mol. The van der Waals surface area contributed by atoms with Crippen LogP contribution in [0.25, 0.3) is 5.69 Å². The fourth-order valence-electron chi connectivity index (χ4n) is 4.03. The van der Waals surface area contributed by atoms with E-state index in [0.717, 1.165) is 12.1 Å². The van der Waals surface area contributed by atoms with Crippen LogP contribution in [0.1, 0.15) is 47.7 Å². The van der Waals surface area contributed by atoms with Crippen molar-refractivity contribution >= 4 is 5.91 Å². The van der Waals surface area contributed by atoms with E-state index in [1.807, 2.05) is 0 Å². The van der Waals surface area contributed by atoms with Gasteiger partial charge in [0.05, 0.1) is 17.4 Å². The molecule has 0 radical (unpaired) electrons. The molecule has 4 rings (SSSR count). The molecule has 0 aliphatic carbocycles. The number of hydrogen-bond acceptors (Lipinski definition) is 4. The maximum atomic E-state index is 12.6. The van der Waals surface area contributed by atoms with E-state index in [9.17, 15) is 9.59 Å². The molecule has 1 aliphatic rings. The minimum Gasteiger partial charge on any atom is -0.348 e. The number of aromatic nitrogens is 3. The van der Waals surface area contributed by atoms with Crippen molar-refractivity contribution in [1.29, 1.82) is 0 Å². The molecule has 7 heteroatoms. The summed E-state index contributed by atoms with van der Waals surface area (Å²) < 4.78 is 3.04. The van der Waals surface area contributed by atoms with Crippen LogP contribution in [0.5, 0.6) is 0 Å². The normalized spacial score (nSPS) is 16.9. The molecule has 31 heavy (non-hydrogen) atoms. The molecule has 3 heterocycles. The smallest absolute Gasteiger partial charge is 0.255 e. The Kier molecular flexibility index (Phi) is 6.32. The summed E-state index contributed by atoms with van der Waals surface area (Å²) >= 11 is 0. The van der Waals surface area contributed by atoms with Gasteiger partial charge in [0.1, 0.15) is 0 Å². The van der Waals surface area contributed by atoms with Crippen molar-refractivity contribution in [3.63, 3.8) is 0 Å². The Morgan fingerprint density at radius 2 is 1.87 bits per heavy atom. The second-order valence-electron chi connectivity index (χ2n) is 8.31. The van der Waals surface area contributed by atoms with Crippen LogP contribution in [-0.4, -0.2) is 37.7 Å². The van der Waals surface area contributed by atoms with Crippen LogP contribution in [0.3, 0.4) is 0 Å². The number of pyridine rings is 1. The van der Waals surface area contributed by atoms with E-state index in [1.165, 1.54) is 42.0 Å². The van der Waals surface area contributed by atoms with Gasteiger partial charge in [0.15, 0.2) is 0 Å². The lowest BCUT2D eigenvalue weighted by atomic mass is 10.0. The van der Waals surface area contributed by atoms with Crippen molar-refractivity contribution in [2.75, 3.05) is 6.54 Å². The zero-order valence-corrected chi connectivity index (χ0v) is 18.1. The van der Waals surface area contributed by atoms with E-state index in [0.29, 0.717) is 23.8 Å². The Morgan fingerprint density at radius 1 is 1.10 bits per heavy atom. The Morgan fingerprint density at radius 3 is 2.58 bits per heavy atom. The van der Waals surface area contributed by atoms with Gasteiger partial charge in [-0.2, -0.15) is 5.10 Å². The van der Waals surface area contributed by atoms with E-state index in [1.54, 1.807) is 36.4 Å². The lowest BCUT2D eigenvalue weighted by molar-refractivity contribution is 0.0950. The Balaban J connectivity index is 1.37. The summed E-state index contributed by atoms with van der Waals surface area (Å²) in [5.41, 5.74) is 3.19. The van der Waals surface area contributed by atoms with Gasteiger partial charge in [0.25, 0.3) is 11.5 Å². The highest BCUT2D eigenvalue weighted by atomic mass is 16.2. The number of aryl methyl sites for hydroxylation is 1. The van der Waals surface area contributed by atoms with Crippen LogP contribution in [-0.2, 0) is 20.1 Å². The maximum absolute atomic E-state index is 12.6. The lowest BCUT2D eigenvalue weighted by Gasteiger charge is -2.33. The van der Waals surface area contributed by atoms with Crippen LogP contribution in [0.4, 0.5) is 0 Å². The molecule has 2 aromatic heterocycles. The second-order valence-corrected chi connectivity index (χ2v) is 8.31. The molecule has 0 bridgehead atoms. The van der Waals surface area contributed by atoms with Gasteiger partial charge in [-0.15, -0.1) is 0 Å². The SMILES string of the molecule is CC1CCCCN1Cc1ccc(CNC(=O)c2ccc(=O)n(-c3cnn(C)c3)c2)cc1. The number of carbonyl (C=O) groups is 1. The molecule has 0 spiro atoms. The predicted molar refractivity (Wildman–Crippen MR) is 120 cm³/mol. The number of amides is 1. The average Bonchev–Trinajstić information content (AvgIpc) is 3.21. The van der Waals surface area contributed by atoms with Crippen molar-refractivity contribution in [2.24, 2.45) is 7.05 Å². The predicted octanol–water partition coefficient (Wildman–Crippen LogP) is 2.88. The van der Waals surface area contributed by atoms with E-state index < -0.39 is 0 Å². The number of benzene rings is 1. The third-order valence-corrected chi connectivity index (χ3v) is 5.94. The topological polar surface area (TPSA) is 72.2 Å². The molecule has 1 N–H and O–H groups in total. The van der Waals surface area contributed by atoms with Gasteiger partial charge in [-0.3, -0.25) is 23.7 Å². The third kappa shape index (κ3) is 5.11. The molecule has 1 aromatic carbocycles. The summed E-state index contributed by atoms with van der Waals surface area (Å²) in [5.74, 6) is -0.219. The summed E-state index contributed by atoms with van der Waals surface area (Å²) in [4.78, 5) is 27.3. The standard InChI is InChI=1S/C24H29N5O2/c1-18-5-3-4-12-28(18)15-20-8-6-19(7-9-20)13-25-24(31)21-10-11-23(30)29(16-21)22-14-26-27(2)17-22/h6-11,14,16-18H,3-5,12-13,15H2,1-2H3,(H,25,31). The largest absolute Gasteiger partial charge is 0.348 e. The highest BCUT2D eigenvalue weighted by molar-refractivity contribution is 5.93.